The summed E-state index contributed by atoms with van der Waals surface area (Å²) in [5.41, 5.74) is 2.30. The lowest BCUT2D eigenvalue weighted by molar-refractivity contribution is -0.137. The quantitative estimate of drug-likeness (QED) is 0.904. The molecular weight excluding hydrogens is 260 g/mol. The molecule has 3 fully saturated rings. The summed E-state index contributed by atoms with van der Waals surface area (Å²) in [4.78, 5) is 15.3. The van der Waals surface area contributed by atoms with Crippen LogP contribution in [-0.4, -0.2) is 22.4 Å². The fourth-order valence-corrected chi connectivity index (χ4v) is 4.26. The maximum Gasteiger partial charge on any atom is 0.244 e. The van der Waals surface area contributed by atoms with Crippen molar-refractivity contribution in [2.45, 2.75) is 69.6 Å². The van der Waals surface area contributed by atoms with Gasteiger partial charge in [-0.15, -0.1) is 0 Å². The molecule has 1 spiro atoms. The molecule has 1 saturated heterocycles. The summed E-state index contributed by atoms with van der Waals surface area (Å²) >= 11 is 0. The van der Waals surface area contributed by atoms with E-state index in [9.17, 15) is 4.79 Å². The Balaban J connectivity index is 1.73. The summed E-state index contributed by atoms with van der Waals surface area (Å²) in [7, 11) is 0. The number of nitrogens with zero attached hydrogens (tertiary/aromatic N) is 1. The molecule has 21 heavy (non-hydrogen) atoms. The summed E-state index contributed by atoms with van der Waals surface area (Å²) < 4.78 is 0. The smallest absolute Gasteiger partial charge is 0.244 e. The zero-order valence-electron chi connectivity index (χ0n) is 12.8. The normalized spacial score (nSPS) is 28.3. The van der Waals surface area contributed by atoms with Crippen LogP contribution in [0.2, 0.25) is 0 Å². The van der Waals surface area contributed by atoms with E-state index >= 15 is 0 Å². The highest BCUT2D eigenvalue weighted by Crippen LogP contribution is 2.45. The van der Waals surface area contributed by atoms with E-state index in [2.05, 4.69) is 41.4 Å². The molecule has 1 atom stereocenters. The maximum atomic E-state index is 13.1. The van der Waals surface area contributed by atoms with Crippen LogP contribution in [0, 0.1) is 6.92 Å². The SMILES string of the molecule is Cc1ccccc1C1NC2(CCCC2)C(=O)N1C1CCC1. The highest BCUT2D eigenvalue weighted by Gasteiger charge is 2.55. The molecule has 4 rings (SSSR count). The van der Waals surface area contributed by atoms with Crippen LogP contribution in [0.5, 0.6) is 0 Å². The van der Waals surface area contributed by atoms with Crippen molar-refractivity contribution in [1.29, 1.82) is 0 Å². The Hall–Kier alpha value is -1.35. The van der Waals surface area contributed by atoms with Gasteiger partial charge >= 0.3 is 0 Å². The van der Waals surface area contributed by atoms with Crippen LogP contribution in [0.3, 0.4) is 0 Å². The zero-order valence-corrected chi connectivity index (χ0v) is 12.8. The van der Waals surface area contributed by atoms with E-state index in [1.165, 1.54) is 43.2 Å². The van der Waals surface area contributed by atoms with Crippen molar-refractivity contribution in [3.63, 3.8) is 0 Å². The molecule has 1 heterocycles. The molecular formula is C18H24N2O. The Morgan fingerprint density at radius 1 is 1.14 bits per heavy atom. The highest BCUT2D eigenvalue weighted by atomic mass is 16.2. The van der Waals surface area contributed by atoms with Gasteiger partial charge in [0.15, 0.2) is 0 Å². The van der Waals surface area contributed by atoms with Crippen molar-refractivity contribution in [2.24, 2.45) is 0 Å². The Bertz CT molecular complexity index is 558. The van der Waals surface area contributed by atoms with Gasteiger partial charge in [0.1, 0.15) is 6.17 Å². The van der Waals surface area contributed by atoms with Crippen molar-refractivity contribution in [3.05, 3.63) is 35.4 Å². The molecule has 2 saturated carbocycles. The van der Waals surface area contributed by atoms with Crippen molar-refractivity contribution in [3.8, 4) is 0 Å². The van der Waals surface area contributed by atoms with Gasteiger partial charge in [0.25, 0.3) is 0 Å². The monoisotopic (exact) mass is 284 g/mol. The number of benzene rings is 1. The molecule has 0 radical (unpaired) electrons. The first-order chi connectivity index (χ1) is 10.2. The molecule has 1 aromatic rings. The van der Waals surface area contributed by atoms with Gasteiger partial charge in [-0.3, -0.25) is 10.1 Å². The number of rotatable bonds is 2. The standard InChI is InChI=1S/C18H24N2O/c1-13-7-2-3-10-15(13)16-19-18(11-4-5-12-18)17(21)20(16)14-8-6-9-14/h2-3,7,10,14,16,19H,4-6,8-9,11-12H2,1H3. The molecule has 1 N–H and O–H groups in total. The molecule has 112 valence electrons. The third kappa shape index (κ3) is 1.94. The Kier molecular flexibility index (Phi) is 3.07. The molecule has 3 heteroatoms. The summed E-state index contributed by atoms with van der Waals surface area (Å²) in [6.45, 7) is 2.15. The van der Waals surface area contributed by atoms with E-state index in [-0.39, 0.29) is 11.7 Å². The first-order valence-corrected chi connectivity index (χ1v) is 8.37. The number of hydrogen-bond donors (Lipinski definition) is 1. The number of hydrogen-bond acceptors (Lipinski definition) is 2. The lowest BCUT2D eigenvalue weighted by atomic mass is 9.89. The second-order valence-corrected chi connectivity index (χ2v) is 6.99. The lowest BCUT2D eigenvalue weighted by Gasteiger charge is -2.38. The van der Waals surface area contributed by atoms with Gasteiger partial charge in [-0.2, -0.15) is 0 Å². The number of aryl methyl sites for hydroxylation is 1. The molecule has 1 amide bonds. The van der Waals surface area contributed by atoms with E-state index in [4.69, 9.17) is 0 Å². The lowest BCUT2D eigenvalue weighted by Crippen LogP contribution is -2.47. The van der Waals surface area contributed by atoms with Crippen LogP contribution < -0.4 is 5.32 Å². The van der Waals surface area contributed by atoms with Gasteiger partial charge in [0.05, 0.1) is 5.54 Å². The summed E-state index contributed by atoms with van der Waals surface area (Å²) in [6, 6.07) is 8.96. The average Bonchev–Trinajstić information content (AvgIpc) is 2.99. The van der Waals surface area contributed by atoms with Gasteiger partial charge in [0, 0.05) is 6.04 Å². The average molecular weight is 284 g/mol. The van der Waals surface area contributed by atoms with Gasteiger partial charge in [0.2, 0.25) is 5.91 Å². The molecule has 3 nitrogen and oxygen atoms in total. The van der Waals surface area contributed by atoms with E-state index in [0.717, 1.165) is 12.8 Å². The topological polar surface area (TPSA) is 32.3 Å². The molecule has 3 aliphatic rings. The molecule has 1 unspecified atom stereocenters. The Morgan fingerprint density at radius 3 is 2.48 bits per heavy atom. The Labute approximate surface area is 126 Å². The van der Waals surface area contributed by atoms with Crippen LogP contribution in [-0.2, 0) is 4.79 Å². The van der Waals surface area contributed by atoms with Gasteiger partial charge in [-0.05, 0) is 50.2 Å². The first kappa shape index (κ1) is 13.3. The third-order valence-electron chi connectivity index (χ3n) is 5.74. The number of amides is 1. The second kappa shape index (κ2) is 4.84. The van der Waals surface area contributed by atoms with Crippen molar-refractivity contribution >= 4 is 5.91 Å². The van der Waals surface area contributed by atoms with Crippen molar-refractivity contribution in [1.82, 2.24) is 10.2 Å². The number of carbonyl (C=O) groups excluding carboxylic acids is 1. The van der Waals surface area contributed by atoms with E-state index in [0.29, 0.717) is 11.9 Å². The highest BCUT2D eigenvalue weighted by molar-refractivity contribution is 5.89. The van der Waals surface area contributed by atoms with E-state index < -0.39 is 0 Å². The van der Waals surface area contributed by atoms with Gasteiger partial charge in [-0.25, -0.2) is 0 Å². The number of carbonyl (C=O) groups is 1. The predicted molar refractivity (Wildman–Crippen MR) is 82.7 cm³/mol. The zero-order chi connectivity index (χ0) is 14.4. The van der Waals surface area contributed by atoms with Crippen LogP contribution in [0.4, 0.5) is 0 Å². The molecule has 0 bridgehead atoms. The maximum absolute atomic E-state index is 13.1. The molecule has 1 aliphatic heterocycles. The van der Waals surface area contributed by atoms with Crippen LogP contribution in [0.15, 0.2) is 24.3 Å². The summed E-state index contributed by atoms with van der Waals surface area (Å²) in [5, 5.41) is 3.75. The third-order valence-corrected chi connectivity index (χ3v) is 5.74. The minimum absolute atomic E-state index is 0.0853. The fourth-order valence-electron chi connectivity index (χ4n) is 4.26. The number of nitrogens with one attached hydrogen (secondary N) is 1. The van der Waals surface area contributed by atoms with E-state index in [1.54, 1.807) is 0 Å². The predicted octanol–water partition coefficient (Wildman–Crippen LogP) is 3.29. The van der Waals surface area contributed by atoms with Crippen molar-refractivity contribution < 1.29 is 4.79 Å². The van der Waals surface area contributed by atoms with Crippen LogP contribution >= 0.6 is 0 Å². The van der Waals surface area contributed by atoms with E-state index in [1.807, 2.05) is 0 Å². The second-order valence-electron chi connectivity index (χ2n) is 6.99. The van der Waals surface area contributed by atoms with Gasteiger partial charge < -0.3 is 4.90 Å². The minimum Gasteiger partial charge on any atom is -0.318 e. The minimum atomic E-state index is -0.261. The largest absolute Gasteiger partial charge is 0.318 e. The van der Waals surface area contributed by atoms with Crippen LogP contribution in [0.25, 0.3) is 0 Å². The summed E-state index contributed by atoms with van der Waals surface area (Å²) in [5.74, 6) is 0.373. The molecule has 2 aliphatic carbocycles. The van der Waals surface area contributed by atoms with Gasteiger partial charge in [-0.1, -0.05) is 37.1 Å². The fraction of sp³-hybridized carbons (Fsp3) is 0.611. The Morgan fingerprint density at radius 2 is 1.86 bits per heavy atom. The first-order valence-electron chi connectivity index (χ1n) is 8.37. The van der Waals surface area contributed by atoms with Crippen molar-refractivity contribution in [2.75, 3.05) is 0 Å². The molecule has 0 aromatic heterocycles. The molecule has 1 aromatic carbocycles. The van der Waals surface area contributed by atoms with Crippen LogP contribution in [0.1, 0.15) is 62.2 Å². The summed E-state index contributed by atoms with van der Waals surface area (Å²) in [6.07, 6.45) is 8.08.